The van der Waals surface area contributed by atoms with Crippen molar-refractivity contribution >= 4 is 29.9 Å². The lowest BCUT2D eigenvalue weighted by atomic mass is 10.2. The van der Waals surface area contributed by atoms with Crippen LogP contribution < -0.4 is 11.3 Å². The van der Waals surface area contributed by atoms with Crippen LogP contribution in [0.15, 0.2) is 18.2 Å². The molecule has 0 spiro atoms. The topological polar surface area (TPSA) is 55.1 Å². The van der Waals surface area contributed by atoms with Crippen LogP contribution in [0.1, 0.15) is 10.4 Å². The van der Waals surface area contributed by atoms with Crippen LogP contribution in [0.3, 0.4) is 0 Å². The first-order chi connectivity index (χ1) is 5.63. The Morgan fingerprint density at radius 3 is 2.54 bits per heavy atom. The second-order valence-electron chi connectivity index (χ2n) is 2.13. The van der Waals surface area contributed by atoms with Gasteiger partial charge in [0.05, 0.1) is 0 Å². The van der Waals surface area contributed by atoms with E-state index in [1.807, 2.05) is 5.43 Å². The van der Waals surface area contributed by atoms with Gasteiger partial charge in [0.1, 0.15) is 5.82 Å². The van der Waals surface area contributed by atoms with E-state index in [0.29, 0.717) is 0 Å². The normalized spacial score (nSPS) is 8.85. The SMILES string of the molecule is Cl.NNC(=O)c1cc(F)cc(Cl)c1. The molecule has 0 heterocycles. The van der Waals surface area contributed by atoms with Gasteiger partial charge in [0, 0.05) is 10.6 Å². The molecule has 1 aromatic carbocycles. The van der Waals surface area contributed by atoms with Crippen molar-refractivity contribution in [2.45, 2.75) is 0 Å². The molecule has 13 heavy (non-hydrogen) atoms. The Morgan fingerprint density at radius 1 is 1.46 bits per heavy atom. The lowest BCUT2D eigenvalue weighted by Crippen LogP contribution is -2.30. The predicted molar refractivity (Wildman–Crippen MR) is 50.3 cm³/mol. The van der Waals surface area contributed by atoms with Crippen molar-refractivity contribution in [1.82, 2.24) is 5.43 Å². The van der Waals surface area contributed by atoms with Crippen LogP contribution in [-0.2, 0) is 0 Å². The molecule has 1 rings (SSSR count). The summed E-state index contributed by atoms with van der Waals surface area (Å²) in [6.07, 6.45) is 0. The second kappa shape index (κ2) is 5.01. The van der Waals surface area contributed by atoms with Gasteiger partial charge >= 0.3 is 0 Å². The molecule has 0 bridgehead atoms. The van der Waals surface area contributed by atoms with Gasteiger partial charge in [-0.1, -0.05) is 11.6 Å². The zero-order chi connectivity index (χ0) is 9.14. The maximum atomic E-state index is 12.6. The van der Waals surface area contributed by atoms with Gasteiger partial charge in [-0.3, -0.25) is 10.2 Å². The molecule has 3 nitrogen and oxygen atoms in total. The highest BCUT2D eigenvalue weighted by Gasteiger charge is 2.05. The van der Waals surface area contributed by atoms with Crippen molar-refractivity contribution in [2.75, 3.05) is 0 Å². The van der Waals surface area contributed by atoms with E-state index in [1.165, 1.54) is 6.07 Å². The van der Waals surface area contributed by atoms with Crippen molar-refractivity contribution in [1.29, 1.82) is 0 Å². The number of nitrogens with one attached hydrogen (secondary N) is 1. The Kier molecular flexibility index (Phi) is 4.69. The molecular weight excluding hydrogens is 218 g/mol. The van der Waals surface area contributed by atoms with Gasteiger partial charge in [0.15, 0.2) is 0 Å². The van der Waals surface area contributed by atoms with Gasteiger partial charge in [0.2, 0.25) is 0 Å². The zero-order valence-electron chi connectivity index (χ0n) is 6.38. The Bertz CT molecular complexity index is 299. The first-order valence-corrected chi connectivity index (χ1v) is 3.48. The van der Waals surface area contributed by atoms with Crippen LogP contribution in [0.4, 0.5) is 4.39 Å². The number of hydrogen-bond donors (Lipinski definition) is 2. The quantitative estimate of drug-likeness (QED) is 0.432. The highest BCUT2D eigenvalue weighted by atomic mass is 35.5. The minimum absolute atomic E-state index is 0. The summed E-state index contributed by atoms with van der Waals surface area (Å²) in [5, 5.41) is 0.161. The van der Waals surface area contributed by atoms with E-state index >= 15 is 0 Å². The number of nitrogen functional groups attached to an aromatic ring is 1. The highest BCUT2D eigenvalue weighted by Crippen LogP contribution is 2.13. The number of rotatable bonds is 1. The van der Waals surface area contributed by atoms with Crippen LogP contribution in [-0.4, -0.2) is 5.91 Å². The molecule has 0 aliphatic rings. The molecule has 3 N–H and O–H groups in total. The van der Waals surface area contributed by atoms with E-state index in [0.717, 1.165) is 12.1 Å². The summed E-state index contributed by atoms with van der Waals surface area (Å²) in [4.78, 5) is 10.9. The van der Waals surface area contributed by atoms with Gasteiger partial charge in [0.25, 0.3) is 5.91 Å². The van der Waals surface area contributed by atoms with Gasteiger partial charge in [-0.2, -0.15) is 0 Å². The third-order valence-corrected chi connectivity index (χ3v) is 1.47. The van der Waals surface area contributed by atoms with E-state index < -0.39 is 11.7 Å². The summed E-state index contributed by atoms with van der Waals surface area (Å²) in [6, 6.07) is 3.48. The van der Waals surface area contributed by atoms with Gasteiger partial charge in [-0.25, -0.2) is 10.2 Å². The number of hydrazine groups is 1. The second-order valence-corrected chi connectivity index (χ2v) is 2.57. The largest absolute Gasteiger partial charge is 0.290 e. The maximum absolute atomic E-state index is 12.6. The molecule has 0 aliphatic heterocycles. The van der Waals surface area contributed by atoms with E-state index in [1.54, 1.807) is 0 Å². The van der Waals surface area contributed by atoms with Crippen molar-refractivity contribution in [3.05, 3.63) is 34.6 Å². The van der Waals surface area contributed by atoms with Crippen molar-refractivity contribution in [2.24, 2.45) is 5.84 Å². The zero-order valence-corrected chi connectivity index (χ0v) is 7.95. The third kappa shape index (κ3) is 3.18. The van der Waals surface area contributed by atoms with Crippen LogP contribution in [0.2, 0.25) is 5.02 Å². The molecular formula is C7H7Cl2FN2O. The van der Waals surface area contributed by atoms with Crippen molar-refractivity contribution < 1.29 is 9.18 Å². The number of carbonyl (C=O) groups is 1. The average Bonchev–Trinajstić information content (AvgIpc) is 2.01. The van der Waals surface area contributed by atoms with Crippen LogP contribution in [0.5, 0.6) is 0 Å². The molecule has 0 aromatic heterocycles. The summed E-state index contributed by atoms with van der Waals surface area (Å²) in [5.41, 5.74) is 1.97. The smallest absolute Gasteiger partial charge is 0.265 e. The first kappa shape index (κ1) is 12.2. The molecule has 6 heteroatoms. The number of hydrogen-bond acceptors (Lipinski definition) is 2. The molecule has 1 amide bonds. The number of benzene rings is 1. The third-order valence-electron chi connectivity index (χ3n) is 1.26. The fourth-order valence-corrected chi connectivity index (χ4v) is 0.990. The Hall–Kier alpha value is -0.840. The molecule has 0 saturated carbocycles. The number of halogens is 3. The lowest BCUT2D eigenvalue weighted by molar-refractivity contribution is 0.0953. The fourth-order valence-electron chi connectivity index (χ4n) is 0.768. The fraction of sp³-hybridized carbons (Fsp3) is 0. The number of amides is 1. The molecule has 0 aliphatic carbocycles. The monoisotopic (exact) mass is 224 g/mol. The minimum Gasteiger partial charge on any atom is -0.290 e. The van der Waals surface area contributed by atoms with E-state index in [9.17, 15) is 9.18 Å². The summed E-state index contributed by atoms with van der Waals surface area (Å²) in [5.74, 6) is 3.70. The Morgan fingerprint density at radius 2 is 2.08 bits per heavy atom. The molecule has 0 saturated heterocycles. The highest BCUT2D eigenvalue weighted by molar-refractivity contribution is 6.31. The van der Waals surface area contributed by atoms with Gasteiger partial charge < -0.3 is 0 Å². The van der Waals surface area contributed by atoms with Gasteiger partial charge in [-0.15, -0.1) is 12.4 Å². The number of carbonyl (C=O) groups excluding carboxylic acids is 1. The average molecular weight is 225 g/mol. The predicted octanol–water partition coefficient (Wildman–Crippen LogP) is 1.50. The molecule has 1 aromatic rings. The summed E-state index contributed by atoms with van der Waals surface area (Å²) in [6.45, 7) is 0. The summed E-state index contributed by atoms with van der Waals surface area (Å²) < 4.78 is 12.6. The maximum Gasteiger partial charge on any atom is 0.265 e. The van der Waals surface area contributed by atoms with Crippen LogP contribution in [0, 0.1) is 5.82 Å². The molecule has 72 valence electrons. The van der Waals surface area contributed by atoms with E-state index in [-0.39, 0.29) is 23.0 Å². The lowest BCUT2D eigenvalue weighted by Gasteiger charge is -1.99. The molecule has 0 unspecified atom stereocenters. The minimum atomic E-state index is -0.573. The van der Waals surface area contributed by atoms with Crippen molar-refractivity contribution in [3.8, 4) is 0 Å². The standard InChI is InChI=1S/C7H6ClFN2O.ClH/c8-5-1-4(7(12)11-10)2-6(9)3-5;/h1-3H,10H2,(H,11,12);1H. The first-order valence-electron chi connectivity index (χ1n) is 3.10. The van der Waals surface area contributed by atoms with E-state index in [4.69, 9.17) is 17.4 Å². The molecule has 0 radical (unpaired) electrons. The van der Waals surface area contributed by atoms with Gasteiger partial charge in [-0.05, 0) is 18.2 Å². The molecule has 0 fully saturated rings. The van der Waals surface area contributed by atoms with Crippen LogP contribution >= 0.6 is 24.0 Å². The molecule has 0 atom stereocenters. The Balaban J connectivity index is 0.00000144. The summed E-state index contributed by atoms with van der Waals surface area (Å²) >= 11 is 5.49. The van der Waals surface area contributed by atoms with Crippen LogP contribution in [0.25, 0.3) is 0 Å². The van der Waals surface area contributed by atoms with Crippen molar-refractivity contribution in [3.63, 3.8) is 0 Å². The Labute approximate surface area is 85.4 Å². The van der Waals surface area contributed by atoms with E-state index in [2.05, 4.69) is 0 Å². The number of nitrogens with two attached hydrogens (primary N) is 1. The summed E-state index contributed by atoms with van der Waals surface area (Å²) in [7, 11) is 0.